The maximum Gasteiger partial charge on any atom is 0.229 e. The van der Waals surface area contributed by atoms with Crippen LogP contribution >= 0.6 is 0 Å². The molecule has 2 rings (SSSR count). The molecular weight excluding hydrogens is 228 g/mol. The van der Waals surface area contributed by atoms with Crippen molar-refractivity contribution in [3.8, 4) is 0 Å². The predicted octanol–water partition coefficient (Wildman–Crippen LogP) is 1.70. The highest BCUT2D eigenvalue weighted by Gasteiger charge is 2.44. The standard InChI is InChI=1S/C14H24N2O2/c1-2-15-8-5-9-16-12(17)10-14(11-13(16)18)6-3-4-7-14/h15H,2-11H2,1H3. The minimum Gasteiger partial charge on any atom is -0.317 e. The third kappa shape index (κ3) is 2.91. The molecule has 102 valence electrons. The van der Waals surface area contributed by atoms with Crippen LogP contribution in [0.2, 0.25) is 0 Å². The monoisotopic (exact) mass is 252 g/mol. The van der Waals surface area contributed by atoms with E-state index in [0.29, 0.717) is 19.4 Å². The highest BCUT2D eigenvalue weighted by Crippen LogP contribution is 2.46. The molecule has 2 aliphatic rings. The second-order valence-corrected chi connectivity index (χ2v) is 5.71. The van der Waals surface area contributed by atoms with Crippen molar-refractivity contribution < 1.29 is 9.59 Å². The summed E-state index contributed by atoms with van der Waals surface area (Å²) in [4.78, 5) is 25.7. The van der Waals surface area contributed by atoms with E-state index in [4.69, 9.17) is 0 Å². The Morgan fingerprint density at radius 3 is 2.33 bits per heavy atom. The molecule has 1 saturated carbocycles. The lowest BCUT2D eigenvalue weighted by Gasteiger charge is -2.37. The van der Waals surface area contributed by atoms with Crippen LogP contribution in [0.1, 0.15) is 51.9 Å². The Bertz CT molecular complexity index is 302. The van der Waals surface area contributed by atoms with E-state index in [1.54, 1.807) is 0 Å². The van der Waals surface area contributed by atoms with Crippen LogP contribution in [0.4, 0.5) is 0 Å². The van der Waals surface area contributed by atoms with Crippen molar-refractivity contribution in [2.45, 2.75) is 51.9 Å². The molecule has 1 saturated heterocycles. The average Bonchev–Trinajstić information content (AvgIpc) is 2.75. The van der Waals surface area contributed by atoms with Gasteiger partial charge in [-0.2, -0.15) is 0 Å². The van der Waals surface area contributed by atoms with Gasteiger partial charge in [-0.25, -0.2) is 0 Å². The highest BCUT2D eigenvalue weighted by molar-refractivity contribution is 5.98. The van der Waals surface area contributed by atoms with Gasteiger partial charge in [0, 0.05) is 19.4 Å². The summed E-state index contributed by atoms with van der Waals surface area (Å²) in [5.41, 5.74) is 0.0341. The van der Waals surface area contributed by atoms with E-state index >= 15 is 0 Å². The van der Waals surface area contributed by atoms with Crippen LogP contribution in [0.25, 0.3) is 0 Å². The van der Waals surface area contributed by atoms with Crippen LogP contribution in [0.3, 0.4) is 0 Å². The molecule has 0 aromatic rings. The van der Waals surface area contributed by atoms with Crippen LogP contribution in [0.15, 0.2) is 0 Å². The van der Waals surface area contributed by atoms with Crippen molar-refractivity contribution >= 4 is 11.8 Å². The molecule has 0 aromatic carbocycles. The highest BCUT2D eigenvalue weighted by atomic mass is 16.2. The molecule has 18 heavy (non-hydrogen) atoms. The van der Waals surface area contributed by atoms with Gasteiger partial charge in [-0.05, 0) is 37.8 Å². The maximum absolute atomic E-state index is 12.1. The predicted molar refractivity (Wildman–Crippen MR) is 70.0 cm³/mol. The summed E-state index contributed by atoms with van der Waals surface area (Å²) in [5, 5.41) is 3.22. The SMILES string of the molecule is CCNCCCN1C(=O)CC2(CCCC2)CC1=O. The Morgan fingerprint density at radius 2 is 1.78 bits per heavy atom. The Labute approximate surface area is 109 Å². The number of hydrogen-bond acceptors (Lipinski definition) is 3. The largest absolute Gasteiger partial charge is 0.317 e. The second-order valence-electron chi connectivity index (χ2n) is 5.71. The first kappa shape index (κ1) is 13.5. The number of piperidine rings is 1. The molecule has 4 nitrogen and oxygen atoms in total. The second kappa shape index (κ2) is 5.83. The minimum atomic E-state index is 0.0341. The van der Waals surface area contributed by atoms with Gasteiger partial charge in [-0.15, -0.1) is 0 Å². The van der Waals surface area contributed by atoms with E-state index in [0.717, 1.165) is 32.4 Å². The molecule has 0 aromatic heterocycles. The van der Waals surface area contributed by atoms with E-state index in [1.165, 1.54) is 17.7 Å². The summed E-state index contributed by atoms with van der Waals surface area (Å²) in [6.45, 7) is 4.45. The van der Waals surface area contributed by atoms with Gasteiger partial charge in [0.25, 0.3) is 0 Å². The molecule has 1 aliphatic heterocycles. The van der Waals surface area contributed by atoms with Crippen molar-refractivity contribution in [1.82, 2.24) is 10.2 Å². The van der Waals surface area contributed by atoms with E-state index < -0.39 is 0 Å². The van der Waals surface area contributed by atoms with Crippen LogP contribution < -0.4 is 5.32 Å². The van der Waals surface area contributed by atoms with Crippen LogP contribution in [-0.4, -0.2) is 36.3 Å². The number of rotatable bonds is 5. The molecule has 1 spiro atoms. The summed E-state index contributed by atoms with van der Waals surface area (Å²) in [6.07, 6.45) is 6.55. The van der Waals surface area contributed by atoms with Crippen LogP contribution in [0, 0.1) is 5.41 Å². The molecule has 0 atom stereocenters. The number of likely N-dealkylation sites (tertiary alicyclic amines) is 1. The van der Waals surface area contributed by atoms with Crippen LogP contribution in [0.5, 0.6) is 0 Å². The van der Waals surface area contributed by atoms with Gasteiger partial charge in [-0.3, -0.25) is 14.5 Å². The molecule has 0 unspecified atom stereocenters. The van der Waals surface area contributed by atoms with Crippen molar-refractivity contribution in [3.63, 3.8) is 0 Å². The first-order valence-corrected chi connectivity index (χ1v) is 7.21. The Morgan fingerprint density at radius 1 is 1.17 bits per heavy atom. The average molecular weight is 252 g/mol. The van der Waals surface area contributed by atoms with Gasteiger partial charge < -0.3 is 5.32 Å². The summed E-state index contributed by atoms with van der Waals surface area (Å²) < 4.78 is 0. The molecular formula is C14H24N2O2. The normalized spacial score (nSPS) is 23.1. The Hall–Kier alpha value is -0.900. The summed E-state index contributed by atoms with van der Waals surface area (Å²) in [5.74, 6) is 0.120. The smallest absolute Gasteiger partial charge is 0.229 e. The first-order valence-electron chi connectivity index (χ1n) is 7.21. The van der Waals surface area contributed by atoms with Crippen molar-refractivity contribution in [2.24, 2.45) is 5.41 Å². The summed E-state index contributed by atoms with van der Waals surface area (Å²) in [7, 11) is 0. The lowest BCUT2D eigenvalue weighted by atomic mass is 9.76. The third-order valence-corrected chi connectivity index (χ3v) is 4.30. The lowest BCUT2D eigenvalue weighted by molar-refractivity contribution is -0.153. The molecule has 2 amide bonds. The molecule has 1 aliphatic carbocycles. The molecule has 2 fully saturated rings. The minimum absolute atomic E-state index is 0.0341. The molecule has 0 radical (unpaired) electrons. The van der Waals surface area contributed by atoms with Crippen molar-refractivity contribution in [3.05, 3.63) is 0 Å². The Balaban J connectivity index is 1.86. The van der Waals surface area contributed by atoms with Gasteiger partial charge in [0.15, 0.2) is 0 Å². The zero-order chi connectivity index (χ0) is 13.0. The number of amides is 2. The summed E-state index contributed by atoms with van der Waals surface area (Å²) in [6, 6.07) is 0. The maximum atomic E-state index is 12.1. The molecule has 1 N–H and O–H groups in total. The number of hydrogen-bond donors (Lipinski definition) is 1. The number of carbonyl (C=O) groups is 2. The fourth-order valence-corrected chi connectivity index (χ4v) is 3.30. The molecule has 1 heterocycles. The molecule has 4 heteroatoms. The van der Waals surface area contributed by atoms with Crippen molar-refractivity contribution in [1.29, 1.82) is 0 Å². The fourth-order valence-electron chi connectivity index (χ4n) is 3.30. The quantitative estimate of drug-likeness (QED) is 0.598. The van der Waals surface area contributed by atoms with E-state index in [9.17, 15) is 9.59 Å². The molecule has 0 bridgehead atoms. The van der Waals surface area contributed by atoms with Gasteiger partial charge >= 0.3 is 0 Å². The zero-order valence-electron chi connectivity index (χ0n) is 11.3. The van der Waals surface area contributed by atoms with Gasteiger partial charge in [0.1, 0.15) is 0 Å². The van der Waals surface area contributed by atoms with Gasteiger partial charge in [0.2, 0.25) is 11.8 Å². The fraction of sp³-hybridized carbons (Fsp3) is 0.857. The van der Waals surface area contributed by atoms with E-state index in [-0.39, 0.29) is 17.2 Å². The number of nitrogens with one attached hydrogen (secondary N) is 1. The lowest BCUT2D eigenvalue weighted by Crippen LogP contribution is -2.47. The van der Waals surface area contributed by atoms with Crippen LogP contribution in [-0.2, 0) is 9.59 Å². The van der Waals surface area contributed by atoms with Gasteiger partial charge in [0.05, 0.1) is 0 Å². The number of nitrogens with zero attached hydrogens (tertiary/aromatic N) is 1. The van der Waals surface area contributed by atoms with Crippen molar-refractivity contribution in [2.75, 3.05) is 19.6 Å². The summed E-state index contributed by atoms with van der Waals surface area (Å²) >= 11 is 0. The number of imide groups is 1. The Kier molecular flexibility index (Phi) is 4.38. The topological polar surface area (TPSA) is 49.4 Å². The number of carbonyl (C=O) groups excluding carboxylic acids is 2. The zero-order valence-corrected chi connectivity index (χ0v) is 11.3. The van der Waals surface area contributed by atoms with Gasteiger partial charge in [-0.1, -0.05) is 19.8 Å². The third-order valence-electron chi connectivity index (χ3n) is 4.30. The first-order chi connectivity index (χ1) is 8.67. The van der Waals surface area contributed by atoms with E-state index in [2.05, 4.69) is 12.2 Å². The van der Waals surface area contributed by atoms with E-state index in [1.807, 2.05) is 0 Å².